The van der Waals surface area contributed by atoms with Crippen LogP contribution in [0.25, 0.3) is 0 Å². The van der Waals surface area contributed by atoms with Crippen LogP contribution in [0.4, 0.5) is 4.79 Å². The molecule has 0 saturated carbocycles. The number of aromatic nitrogens is 1. The molecular weight excluding hydrogens is 432 g/mol. The molecule has 0 radical (unpaired) electrons. The normalized spacial score (nSPS) is 18.6. The van der Waals surface area contributed by atoms with Crippen molar-refractivity contribution in [3.8, 4) is 0 Å². The van der Waals surface area contributed by atoms with E-state index >= 15 is 0 Å². The van der Waals surface area contributed by atoms with E-state index < -0.39 is 23.6 Å². The Labute approximate surface area is 193 Å². The first-order chi connectivity index (χ1) is 15.0. The Morgan fingerprint density at radius 1 is 1.09 bits per heavy atom. The molecule has 0 bridgehead atoms. The quantitative estimate of drug-likeness (QED) is 0.652. The first kappa shape index (κ1) is 24.4. The highest BCUT2D eigenvalue weighted by molar-refractivity contribution is 7.13. The molecule has 2 aliphatic rings. The minimum atomic E-state index is -0.901. The second kappa shape index (κ2) is 10.1. The van der Waals surface area contributed by atoms with Crippen molar-refractivity contribution in [2.24, 2.45) is 0 Å². The number of carbonyl (C=O) groups is 3. The molecule has 1 fully saturated rings. The number of hydrogen-bond acceptors (Lipinski definition) is 8. The number of nitrogens with one attached hydrogen (secondary N) is 2. The van der Waals surface area contributed by atoms with Crippen molar-refractivity contribution in [3.05, 3.63) is 15.6 Å². The Balaban J connectivity index is 1.69. The molecule has 178 valence electrons. The fraction of sp³-hybridized carbons (Fsp3) is 0.714. The predicted octanol–water partition coefficient (Wildman–Crippen LogP) is 0.528. The van der Waals surface area contributed by atoms with E-state index in [1.165, 1.54) is 11.3 Å². The minimum absolute atomic E-state index is 0.0559. The fourth-order valence-electron chi connectivity index (χ4n) is 3.59. The number of fused-ring (bicyclic) bond motifs is 1. The molecule has 1 aromatic rings. The van der Waals surface area contributed by atoms with Crippen molar-refractivity contribution in [2.75, 3.05) is 53.4 Å². The molecule has 1 aromatic heterocycles. The first-order valence-corrected chi connectivity index (χ1v) is 11.8. The summed E-state index contributed by atoms with van der Waals surface area (Å²) in [6, 6.07) is -0.901. The number of piperazine rings is 1. The number of hydrogen-bond donors (Lipinski definition) is 2. The van der Waals surface area contributed by atoms with Gasteiger partial charge < -0.3 is 30.1 Å². The van der Waals surface area contributed by atoms with Gasteiger partial charge in [0.15, 0.2) is 5.01 Å². The number of likely N-dealkylation sites (N-methyl/N-ethyl adjacent to an activating group) is 2. The van der Waals surface area contributed by atoms with Crippen LogP contribution in [0.2, 0.25) is 0 Å². The first-order valence-electron chi connectivity index (χ1n) is 10.9. The van der Waals surface area contributed by atoms with Gasteiger partial charge in [-0.3, -0.25) is 9.59 Å². The van der Waals surface area contributed by atoms with Gasteiger partial charge in [-0.25, -0.2) is 9.78 Å². The number of ether oxygens (including phenoxy) is 1. The SMILES string of the molecule is CN1CCN(C(=O)C(CNC(=O)OC(C)(C)C)NC(=O)c2nc3c(s2)CN(C)CC3)CC1. The molecule has 10 nitrogen and oxygen atoms in total. The van der Waals surface area contributed by atoms with E-state index in [0.717, 1.165) is 43.2 Å². The third kappa shape index (κ3) is 6.63. The van der Waals surface area contributed by atoms with Crippen LogP contribution >= 0.6 is 11.3 Å². The highest BCUT2D eigenvalue weighted by atomic mass is 32.1. The molecule has 2 aliphatic heterocycles. The second-order valence-corrected chi connectivity index (χ2v) is 10.5. The van der Waals surface area contributed by atoms with E-state index in [2.05, 4.69) is 25.4 Å². The van der Waals surface area contributed by atoms with Crippen LogP contribution in [0.15, 0.2) is 0 Å². The van der Waals surface area contributed by atoms with Crippen LogP contribution in [-0.4, -0.2) is 103 Å². The summed E-state index contributed by atoms with van der Waals surface area (Å²) in [5.41, 5.74) is 0.296. The van der Waals surface area contributed by atoms with Crippen molar-refractivity contribution < 1.29 is 19.1 Å². The van der Waals surface area contributed by atoms with Gasteiger partial charge in [0.05, 0.1) is 12.2 Å². The van der Waals surface area contributed by atoms with Gasteiger partial charge in [-0.05, 0) is 34.9 Å². The summed E-state index contributed by atoms with van der Waals surface area (Å²) in [6.07, 6.45) is 0.176. The largest absolute Gasteiger partial charge is 0.444 e. The Kier molecular flexibility index (Phi) is 7.73. The number of rotatable bonds is 5. The van der Waals surface area contributed by atoms with E-state index in [4.69, 9.17) is 4.74 Å². The summed E-state index contributed by atoms with van der Waals surface area (Å²) >= 11 is 1.36. The highest BCUT2D eigenvalue weighted by Crippen LogP contribution is 2.24. The predicted molar refractivity (Wildman–Crippen MR) is 122 cm³/mol. The molecule has 0 aromatic carbocycles. The van der Waals surface area contributed by atoms with Crippen LogP contribution in [-0.2, 0) is 22.5 Å². The van der Waals surface area contributed by atoms with Crippen molar-refractivity contribution in [3.63, 3.8) is 0 Å². The summed E-state index contributed by atoms with van der Waals surface area (Å²) in [5, 5.41) is 5.77. The monoisotopic (exact) mass is 466 g/mol. The van der Waals surface area contributed by atoms with Gasteiger partial charge in [0.2, 0.25) is 5.91 Å². The van der Waals surface area contributed by atoms with E-state index in [9.17, 15) is 14.4 Å². The van der Waals surface area contributed by atoms with E-state index in [1.807, 2.05) is 14.1 Å². The highest BCUT2D eigenvalue weighted by Gasteiger charge is 2.31. The van der Waals surface area contributed by atoms with Crippen molar-refractivity contribution in [2.45, 2.75) is 45.4 Å². The Morgan fingerprint density at radius 3 is 2.44 bits per heavy atom. The second-order valence-electron chi connectivity index (χ2n) is 9.41. The van der Waals surface area contributed by atoms with Crippen LogP contribution in [0, 0.1) is 0 Å². The molecule has 3 heterocycles. The van der Waals surface area contributed by atoms with Gasteiger partial charge in [-0.15, -0.1) is 11.3 Å². The summed E-state index contributed by atoms with van der Waals surface area (Å²) in [5.74, 6) is -0.617. The summed E-state index contributed by atoms with van der Waals surface area (Å²) < 4.78 is 5.27. The number of nitrogens with zero attached hydrogens (tertiary/aromatic N) is 4. The molecule has 3 rings (SSSR count). The average molecular weight is 467 g/mol. The van der Waals surface area contributed by atoms with E-state index in [0.29, 0.717) is 18.1 Å². The third-order valence-electron chi connectivity index (χ3n) is 5.38. The average Bonchev–Trinajstić information content (AvgIpc) is 3.13. The van der Waals surface area contributed by atoms with Gasteiger partial charge in [0.1, 0.15) is 11.6 Å². The Bertz CT molecular complexity index is 844. The standard InChI is InChI=1S/C21H34N6O4S/c1-21(2,3)31-20(30)22-12-15(19(29)27-10-8-25(4)9-11-27)23-17(28)18-24-14-6-7-26(5)13-16(14)32-18/h15H,6-13H2,1-5H3,(H,22,30)(H,23,28). The van der Waals surface area contributed by atoms with Crippen LogP contribution < -0.4 is 10.6 Å². The van der Waals surface area contributed by atoms with E-state index in [1.54, 1.807) is 25.7 Å². The zero-order valence-corrected chi connectivity index (χ0v) is 20.4. The Hall–Kier alpha value is -2.24. The lowest BCUT2D eigenvalue weighted by Crippen LogP contribution is -2.57. The number of alkyl carbamates (subject to hydrolysis) is 1. The molecule has 1 atom stereocenters. The molecule has 3 amide bonds. The van der Waals surface area contributed by atoms with Gasteiger partial charge in [-0.2, -0.15) is 0 Å². The van der Waals surface area contributed by atoms with Crippen LogP contribution in [0.3, 0.4) is 0 Å². The molecule has 1 unspecified atom stereocenters. The smallest absolute Gasteiger partial charge is 0.407 e. The van der Waals surface area contributed by atoms with Gasteiger partial charge >= 0.3 is 6.09 Å². The molecule has 11 heteroatoms. The van der Waals surface area contributed by atoms with E-state index in [-0.39, 0.29) is 12.5 Å². The minimum Gasteiger partial charge on any atom is -0.444 e. The lowest BCUT2D eigenvalue weighted by Gasteiger charge is -2.34. The van der Waals surface area contributed by atoms with Crippen molar-refractivity contribution in [1.29, 1.82) is 0 Å². The lowest BCUT2D eigenvalue weighted by molar-refractivity contribution is -0.134. The maximum atomic E-state index is 13.2. The third-order valence-corrected chi connectivity index (χ3v) is 6.47. The summed E-state index contributed by atoms with van der Waals surface area (Å²) in [4.78, 5) is 49.9. The molecule has 32 heavy (non-hydrogen) atoms. The maximum Gasteiger partial charge on any atom is 0.407 e. The van der Waals surface area contributed by atoms with Gasteiger partial charge in [0, 0.05) is 50.6 Å². The molecule has 1 saturated heterocycles. The van der Waals surface area contributed by atoms with Crippen LogP contribution in [0.1, 0.15) is 41.1 Å². The number of amides is 3. The fourth-order valence-corrected chi connectivity index (χ4v) is 4.68. The van der Waals surface area contributed by atoms with Gasteiger partial charge in [-0.1, -0.05) is 0 Å². The number of thiazole rings is 1. The Morgan fingerprint density at radius 2 is 1.78 bits per heavy atom. The van der Waals surface area contributed by atoms with Crippen molar-refractivity contribution in [1.82, 2.24) is 30.3 Å². The number of carbonyl (C=O) groups excluding carboxylic acids is 3. The summed E-state index contributed by atoms with van der Waals surface area (Å²) in [6.45, 7) is 9.59. The molecule has 0 aliphatic carbocycles. The van der Waals surface area contributed by atoms with Gasteiger partial charge in [0.25, 0.3) is 5.91 Å². The maximum absolute atomic E-state index is 13.2. The zero-order chi connectivity index (χ0) is 23.5. The molecule has 0 spiro atoms. The summed E-state index contributed by atoms with van der Waals surface area (Å²) in [7, 11) is 4.04. The topological polar surface area (TPSA) is 107 Å². The lowest BCUT2D eigenvalue weighted by atomic mass is 10.2. The van der Waals surface area contributed by atoms with Crippen LogP contribution in [0.5, 0.6) is 0 Å². The molecular formula is C21H34N6O4S. The van der Waals surface area contributed by atoms with Crippen molar-refractivity contribution >= 4 is 29.2 Å². The molecule has 2 N–H and O–H groups in total. The zero-order valence-electron chi connectivity index (χ0n) is 19.6.